The summed E-state index contributed by atoms with van der Waals surface area (Å²) in [6.07, 6.45) is -1.36. The van der Waals surface area contributed by atoms with Crippen molar-refractivity contribution in [1.29, 1.82) is 0 Å². The van der Waals surface area contributed by atoms with Crippen molar-refractivity contribution in [2.24, 2.45) is 0 Å². The van der Waals surface area contributed by atoms with Gasteiger partial charge >= 0.3 is 18.2 Å². The zero-order chi connectivity index (χ0) is 16.0. The van der Waals surface area contributed by atoms with Crippen molar-refractivity contribution in [2.45, 2.75) is 19.6 Å². The molecule has 0 saturated heterocycles. The molecule has 0 aliphatic carbocycles. The molecular weight excluding hydrogens is 293 g/mol. The molecule has 0 aromatic carbocycles. The Balaban J connectivity index is 2.49. The number of hydrogen-bond acceptors (Lipinski definition) is 3. The number of aliphatic carboxylic acids is 1. The van der Waals surface area contributed by atoms with Gasteiger partial charge in [-0.05, 0) is 12.5 Å². The summed E-state index contributed by atoms with van der Waals surface area (Å²) in [5, 5.41) is 14.7. The van der Waals surface area contributed by atoms with Crippen LogP contribution in [-0.2, 0) is 11.3 Å². The Kier molecular flexibility index (Phi) is 5.56. The van der Waals surface area contributed by atoms with Crippen LogP contribution < -0.4 is 5.32 Å². The van der Waals surface area contributed by atoms with E-state index < -0.39 is 31.3 Å². The van der Waals surface area contributed by atoms with E-state index in [1.807, 2.05) is 6.92 Å². The van der Waals surface area contributed by atoms with Crippen molar-refractivity contribution < 1.29 is 27.9 Å². The topological polar surface area (TPSA) is 87.5 Å². The second-order valence-corrected chi connectivity index (χ2v) is 4.38. The molecule has 0 bridgehead atoms. The molecule has 10 heteroatoms. The zero-order valence-electron chi connectivity index (χ0n) is 11.2. The molecule has 0 radical (unpaired) electrons. The quantitative estimate of drug-likeness (QED) is 0.815. The number of carboxylic acid groups (broad SMARTS) is 1. The molecule has 1 aromatic rings. The van der Waals surface area contributed by atoms with Gasteiger partial charge in [0.15, 0.2) is 0 Å². The first kappa shape index (κ1) is 16.8. The number of halogens is 3. The summed E-state index contributed by atoms with van der Waals surface area (Å²) in [4.78, 5) is 22.3. The molecule has 1 heterocycles. The van der Waals surface area contributed by atoms with Crippen LogP contribution >= 0.6 is 0 Å². The SMILES string of the molecule is Cc1cnn(CCNC(=O)N(CC(=O)O)CC(F)(F)F)c1. The Morgan fingerprint density at radius 3 is 2.62 bits per heavy atom. The molecule has 1 aromatic heterocycles. The average molecular weight is 308 g/mol. The number of hydrogen-bond donors (Lipinski definition) is 2. The second kappa shape index (κ2) is 6.95. The van der Waals surface area contributed by atoms with Gasteiger partial charge in [0.05, 0.1) is 12.7 Å². The van der Waals surface area contributed by atoms with Crippen LogP contribution in [0.4, 0.5) is 18.0 Å². The van der Waals surface area contributed by atoms with Gasteiger partial charge in [-0.25, -0.2) is 4.79 Å². The molecule has 1 rings (SSSR count). The summed E-state index contributed by atoms with van der Waals surface area (Å²) in [5.41, 5.74) is 0.908. The van der Waals surface area contributed by atoms with E-state index in [0.717, 1.165) is 5.56 Å². The first-order valence-electron chi connectivity index (χ1n) is 5.98. The monoisotopic (exact) mass is 308 g/mol. The summed E-state index contributed by atoms with van der Waals surface area (Å²) in [6, 6.07) is -1.08. The number of amides is 2. The van der Waals surface area contributed by atoms with E-state index in [4.69, 9.17) is 5.11 Å². The maximum Gasteiger partial charge on any atom is 0.406 e. The fraction of sp³-hybridized carbons (Fsp3) is 0.545. The third-order valence-electron chi connectivity index (χ3n) is 2.36. The van der Waals surface area contributed by atoms with E-state index >= 15 is 0 Å². The van der Waals surface area contributed by atoms with Crippen LogP contribution in [0.5, 0.6) is 0 Å². The molecule has 0 fully saturated rings. The summed E-state index contributed by atoms with van der Waals surface area (Å²) in [6.45, 7) is -0.515. The predicted molar refractivity (Wildman–Crippen MR) is 65.6 cm³/mol. The lowest BCUT2D eigenvalue weighted by Gasteiger charge is -2.22. The number of urea groups is 1. The van der Waals surface area contributed by atoms with Crippen LogP contribution in [0.25, 0.3) is 0 Å². The fourth-order valence-electron chi connectivity index (χ4n) is 1.56. The minimum absolute atomic E-state index is 0.0356. The molecule has 0 aliphatic heterocycles. The normalized spacial score (nSPS) is 11.2. The Bertz CT molecular complexity index is 501. The van der Waals surface area contributed by atoms with Crippen molar-refractivity contribution >= 4 is 12.0 Å². The lowest BCUT2D eigenvalue weighted by Crippen LogP contribution is -2.47. The number of carbonyl (C=O) groups excluding carboxylic acids is 1. The predicted octanol–water partition coefficient (Wildman–Crippen LogP) is 0.850. The fourth-order valence-corrected chi connectivity index (χ4v) is 1.56. The molecule has 2 N–H and O–H groups in total. The zero-order valence-corrected chi connectivity index (χ0v) is 11.2. The van der Waals surface area contributed by atoms with Crippen LogP contribution in [0, 0.1) is 6.92 Å². The number of aryl methyl sites for hydroxylation is 1. The Labute approximate surface area is 118 Å². The number of carboxylic acids is 1. The highest BCUT2D eigenvalue weighted by Crippen LogP contribution is 2.16. The van der Waals surface area contributed by atoms with Gasteiger partial charge in [0.1, 0.15) is 13.1 Å². The molecule has 0 saturated carbocycles. The van der Waals surface area contributed by atoms with Gasteiger partial charge in [-0.2, -0.15) is 18.3 Å². The first-order valence-corrected chi connectivity index (χ1v) is 5.98. The van der Waals surface area contributed by atoms with Gasteiger partial charge in [0.25, 0.3) is 0 Å². The van der Waals surface area contributed by atoms with E-state index in [9.17, 15) is 22.8 Å². The van der Waals surface area contributed by atoms with Gasteiger partial charge in [-0.15, -0.1) is 0 Å². The molecule has 21 heavy (non-hydrogen) atoms. The van der Waals surface area contributed by atoms with Crippen LogP contribution in [0.1, 0.15) is 5.56 Å². The maximum atomic E-state index is 12.3. The number of carbonyl (C=O) groups is 2. The summed E-state index contributed by atoms with van der Waals surface area (Å²) < 4.78 is 38.3. The van der Waals surface area contributed by atoms with Crippen LogP contribution in [0.3, 0.4) is 0 Å². The van der Waals surface area contributed by atoms with E-state index in [-0.39, 0.29) is 18.0 Å². The standard InChI is InChI=1S/C11H15F3N4O3/c1-8-4-16-18(5-8)3-2-15-10(21)17(6-9(19)20)7-11(12,13)14/h4-5H,2-3,6-7H2,1H3,(H,15,21)(H,19,20). The number of nitrogens with one attached hydrogen (secondary N) is 1. The summed E-state index contributed by atoms with van der Waals surface area (Å²) in [5.74, 6) is -1.52. The van der Waals surface area contributed by atoms with Crippen molar-refractivity contribution in [2.75, 3.05) is 19.6 Å². The van der Waals surface area contributed by atoms with E-state index in [0.29, 0.717) is 0 Å². The third kappa shape index (κ3) is 6.63. The number of alkyl halides is 3. The molecule has 2 amide bonds. The highest BCUT2D eigenvalue weighted by molar-refractivity contribution is 5.80. The smallest absolute Gasteiger partial charge is 0.406 e. The van der Waals surface area contributed by atoms with Crippen molar-refractivity contribution in [3.8, 4) is 0 Å². The second-order valence-electron chi connectivity index (χ2n) is 4.38. The van der Waals surface area contributed by atoms with E-state index in [1.54, 1.807) is 12.4 Å². The Morgan fingerprint density at radius 2 is 2.14 bits per heavy atom. The number of rotatable bonds is 6. The number of aromatic nitrogens is 2. The summed E-state index contributed by atoms with van der Waals surface area (Å²) >= 11 is 0. The van der Waals surface area contributed by atoms with Crippen LogP contribution in [0.2, 0.25) is 0 Å². The average Bonchev–Trinajstić information content (AvgIpc) is 2.71. The lowest BCUT2D eigenvalue weighted by atomic mass is 10.4. The number of nitrogens with zero attached hydrogens (tertiary/aromatic N) is 3. The van der Waals surface area contributed by atoms with Gasteiger partial charge in [0, 0.05) is 12.7 Å². The molecule has 0 unspecified atom stereocenters. The summed E-state index contributed by atoms with van der Waals surface area (Å²) in [7, 11) is 0. The molecule has 7 nitrogen and oxygen atoms in total. The molecule has 0 aliphatic rings. The van der Waals surface area contributed by atoms with Crippen LogP contribution in [-0.4, -0.2) is 57.6 Å². The molecule has 0 spiro atoms. The molecule has 118 valence electrons. The van der Waals surface area contributed by atoms with Gasteiger partial charge < -0.3 is 15.3 Å². The minimum Gasteiger partial charge on any atom is -0.480 e. The van der Waals surface area contributed by atoms with Gasteiger partial charge in [-0.1, -0.05) is 0 Å². The van der Waals surface area contributed by atoms with Crippen molar-refractivity contribution in [3.63, 3.8) is 0 Å². The lowest BCUT2D eigenvalue weighted by molar-refractivity contribution is -0.148. The molecular formula is C11H15F3N4O3. The third-order valence-corrected chi connectivity index (χ3v) is 2.36. The minimum atomic E-state index is -4.66. The molecule has 0 atom stereocenters. The van der Waals surface area contributed by atoms with Crippen LogP contribution in [0.15, 0.2) is 12.4 Å². The first-order chi connectivity index (χ1) is 9.67. The van der Waals surface area contributed by atoms with Gasteiger partial charge in [0.2, 0.25) is 0 Å². The van der Waals surface area contributed by atoms with Crippen molar-refractivity contribution in [3.05, 3.63) is 18.0 Å². The van der Waals surface area contributed by atoms with E-state index in [2.05, 4.69) is 10.4 Å². The maximum absolute atomic E-state index is 12.3. The van der Waals surface area contributed by atoms with Crippen molar-refractivity contribution in [1.82, 2.24) is 20.0 Å². The largest absolute Gasteiger partial charge is 0.480 e. The Morgan fingerprint density at radius 1 is 1.48 bits per heavy atom. The van der Waals surface area contributed by atoms with Gasteiger partial charge in [-0.3, -0.25) is 9.48 Å². The highest BCUT2D eigenvalue weighted by Gasteiger charge is 2.33. The highest BCUT2D eigenvalue weighted by atomic mass is 19.4. The Hall–Kier alpha value is -2.26. The van der Waals surface area contributed by atoms with E-state index in [1.165, 1.54) is 4.68 Å².